The summed E-state index contributed by atoms with van der Waals surface area (Å²) in [6.45, 7) is 1.07. The van der Waals surface area contributed by atoms with Gasteiger partial charge in [0.2, 0.25) is 0 Å². The van der Waals surface area contributed by atoms with E-state index in [1.807, 2.05) is 0 Å². The Labute approximate surface area is 149 Å². The highest BCUT2D eigenvalue weighted by atomic mass is 19.1. The molecule has 0 spiro atoms. The predicted octanol–water partition coefficient (Wildman–Crippen LogP) is 1.03. The SMILES string of the molecule is O=C(NCCc1nnc2ccc(NCCCO)nn12)c1ccc(F)cc1. The third-order valence-electron chi connectivity index (χ3n) is 3.71. The van der Waals surface area contributed by atoms with Gasteiger partial charge in [0.25, 0.3) is 5.91 Å². The maximum atomic E-state index is 12.9. The predicted molar refractivity (Wildman–Crippen MR) is 93.4 cm³/mol. The molecule has 2 aromatic heterocycles. The van der Waals surface area contributed by atoms with Crippen molar-refractivity contribution in [2.75, 3.05) is 25.0 Å². The summed E-state index contributed by atoms with van der Waals surface area (Å²) in [6.07, 6.45) is 1.07. The van der Waals surface area contributed by atoms with Gasteiger partial charge in [-0.1, -0.05) is 0 Å². The molecule has 3 N–H and O–H groups in total. The Bertz CT molecular complexity index is 881. The average Bonchev–Trinajstić information content (AvgIpc) is 3.05. The maximum Gasteiger partial charge on any atom is 0.251 e. The van der Waals surface area contributed by atoms with Crippen LogP contribution in [0.1, 0.15) is 22.6 Å². The number of benzene rings is 1. The van der Waals surface area contributed by atoms with Gasteiger partial charge in [-0.25, -0.2) is 4.39 Å². The van der Waals surface area contributed by atoms with Crippen molar-refractivity contribution in [1.82, 2.24) is 25.1 Å². The summed E-state index contributed by atoms with van der Waals surface area (Å²) < 4.78 is 14.5. The summed E-state index contributed by atoms with van der Waals surface area (Å²) >= 11 is 0. The van der Waals surface area contributed by atoms with Crippen molar-refractivity contribution >= 4 is 17.4 Å². The normalized spacial score (nSPS) is 10.8. The van der Waals surface area contributed by atoms with Crippen molar-refractivity contribution in [3.05, 3.63) is 53.6 Å². The van der Waals surface area contributed by atoms with Gasteiger partial charge >= 0.3 is 0 Å². The quantitative estimate of drug-likeness (QED) is 0.520. The molecule has 1 amide bonds. The van der Waals surface area contributed by atoms with Gasteiger partial charge in [-0.15, -0.1) is 15.3 Å². The van der Waals surface area contributed by atoms with Gasteiger partial charge in [0.05, 0.1) is 0 Å². The second-order valence-electron chi connectivity index (χ2n) is 5.62. The standard InChI is InChI=1S/C17H19FN6O2/c18-13-4-2-12(3-5-13)17(26)20-10-8-16-22-21-15-7-6-14(23-24(15)16)19-9-1-11-25/h2-7,25H,1,8-11H2,(H,19,23)(H,20,26). The smallest absolute Gasteiger partial charge is 0.251 e. The van der Waals surface area contributed by atoms with Crippen molar-refractivity contribution in [2.45, 2.75) is 12.8 Å². The number of hydrogen-bond donors (Lipinski definition) is 3. The van der Waals surface area contributed by atoms with Crippen LogP contribution >= 0.6 is 0 Å². The summed E-state index contributed by atoms with van der Waals surface area (Å²) in [6, 6.07) is 8.95. The number of rotatable bonds is 8. The number of aromatic nitrogens is 4. The largest absolute Gasteiger partial charge is 0.396 e. The van der Waals surface area contributed by atoms with Crippen LogP contribution in [0.3, 0.4) is 0 Å². The van der Waals surface area contributed by atoms with E-state index in [0.29, 0.717) is 48.8 Å². The van der Waals surface area contributed by atoms with Crippen molar-refractivity contribution < 1.29 is 14.3 Å². The molecular formula is C17H19FN6O2. The van der Waals surface area contributed by atoms with E-state index < -0.39 is 0 Å². The van der Waals surface area contributed by atoms with Crippen LogP contribution in [0.25, 0.3) is 5.65 Å². The van der Waals surface area contributed by atoms with E-state index in [2.05, 4.69) is 25.9 Å². The van der Waals surface area contributed by atoms with E-state index in [4.69, 9.17) is 5.11 Å². The molecule has 3 aromatic rings. The molecule has 0 saturated heterocycles. The van der Waals surface area contributed by atoms with Crippen molar-refractivity contribution in [1.29, 1.82) is 0 Å². The minimum Gasteiger partial charge on any atom is -0.396 e. The van der Waals surface area contributed by atoms with Crippen LogP contribution in [-0.4, -0.2) is 50.5 Å². The molecule has 0 aliphatic rings. The topological polar surface area (TPSA) is 104 Å². The average molecular weight is 358 g/mol. The Morgan fingerprint density at radius 2 is 1.92 bits per heavy atom. The summed E-state index contributed by atoms with van der Waals surface area (Å²) in [4.78, 5) is 12.0. The Balaban J connectivity index is 1.60. The number of anilines is 1. The Hall–Kier alpha value is -3.07. The zero-order chi connectivity index (χ0) is 18.4. The Morgan fingerprint density at radius 3 is 2.69 bits per heavy atom. The van der Waals surface area contributed by atoms with E-state index in [1.54, 1.807) is 16.6 Å². The first kappa shape index (κ1) is 17.7. The highest BCUT2D eigenvalue weighted by molar-refractivity contribution is 5.94. The molecule has 3 rings (SSSR count). The van der Waals surface area contributed by atoms with Gasteiger partial charge < -0.3 is 15.7 Å². The number of nitrogens with one attached hydrogen (secondary N) is 2. The third kappa shape index (κ3) is 4.31. The highest BCUT2D eigenvalue weighted by Gasteiger charge is 2.09. The second-order valence-corrected chi connectivity index (χ2v) is 5.62. The molecule has 26 heavy (non-hydrogen) atoms. The van der Waals surface area contributed by atoms with Gasteiger partial charge in [0.15, 0.2) is 11.5 Å². The molecule has 8 nitrogen and oxygen atoms in total. The number of nitrogens with zero attached hydrogens (tertiary/aromatic N) is 4. The number of aliphatic hydroxyl groups excluding tert-OH is 1. The van der Waals surface area contributed by atoms with E-state index in [1.165, 1.54) is 24.3 Å². The monoisotopic (exact) mass is 358 g/mol. The Kier molecular flexibility index (Phi) is 5.69. The van der Waals surface area contributed by atoms with Crippen molar-refractivity contribution in [2.24, 2.45) is 0 Å². The third-order valence-corrected chi connectivity index (χ3v) is 3.71. The first-order chi connectivity index (χ1) is 12.7. The van der Waals surface area contributed by atoms with Crippen molar-refractivity contribution in [3.63, 3.8) is 0 Å². The van der Waals surface area contributed by atoms with Crippen LogP contribution in [-0.2, 0) is 6.42 Å². The lowest BCUT2D eigenvalue weighted by molar-refractivity contribution is 0.0954. The van der Waals surface area contributed by atoms with Gasteiger partial charge in [-0.2, -0.15) is 4.52 Å². The molecule has 0 aliphatic carbocycles. The highest BCUT2D eigenvalue weighted by Crippen LogP contribution is 2.08. The number of amides is 1. The molecule has 1 aromatic carbocycles. The zero-order valence-corrected chi connectivity index (χ0v) is 14.0. The molecule has 0 fully saturated rings. The van der Waals surface area contributed by atoms with E-state index in [-0.39, 0.29) is 18.3 Å². The number of carbonyl (C=O) groups is 1. The van der Waals surface area contributed by atoms with E-state index in [0.717, 1.165) is 0 Å². The lowest BCUT2D eigenvalue weighted by Crippen LogP contribution is -2.26. The van der Waals surface area contributed by atoms with Crippen LogP contribution in [0.4, 0.5) is 10.2 Å². The fourth-order valence-electron chi connectivity index (χ4n) is 2.37. The zero-order valence-electron chi connectivity index (χ0n) is 14.0. The number of aliphatic hydroxyl groups is 1. The summed E-state index contributed by atoms with van der Waals surface area (Å²) in [5.74, 6) is 0.608. The van der Waals surface area contributed by atoms with E-state index in [9.17, 15) is 9.18 Å². The summed E-state index contributed by atoms with van der Waals surface area (Å²) in [5.41, 5.74) is 1.00. The molecule has 0 aliphatic heterocycles. The summed E-state index contributed by atoms with van der Waals surface area (Å²) in [5, 5.41) is 27.3. The Morgan fingerprint density at radius 1 is 1.12 bits per heavy atom. The molecule has 136 valence electrons. The lowest BCUT2D eigenvalue weighted by atomic mass is 10.2. The number of fused-ring (bicyclic) bond motifs is 1. The fraction of sp³-hybridized carbons (Fsp3) is 0.294. The van der Waals surface area contributed by atoms with Crippen LogP contribution < -0.4 is 10.6 Å². The van der Waals surface area contributed by atoms with Gasteiger partial charge in [0.1, 0.15) is 11.6 Å². The molecule has 9 heteroatoms. The minimum absolute atomic E-state index is 0.112. The van der Waals surface area contributed by atoms with Crippen molar-refractivity contribution in [3.8, 4) is 0 Å². The second kappa shape index (κ2) is 8.34. The molecule has 0 radical (unpaired) electrons. The molecule has 0 atom stereocenters. The maximum absolute atomic E-state index is 12.9. The van der Waals surface area contributed by atoms with Crippen LogP contribution in [0.15, 0.2) is 36.4 Å². The fourth-order valence-corrected chi connectivity index (χ4v) is 2.37. The molecular weight excluding hydrogens is 339 g/mol. The molecule has 2 heterocycles. The van der Waals surface area contributed by atoms with Gasteiger partial charge in [-0.3, -0.25) is 4.79 Å². The molecule has 0 unspecified atom stereocenters. The van der Waals surface area contributed by atoms with Crippen LogP contribution in [0, 0.1) is 5.82 Å². The van der Waals surface area contributed by atoms with E-state index >= 15 is 0 Å². The molecule has 0 saturated carbocycles. The lowest BCUT2D eigenvalue weighted by Gasteiger charge is -2.06. The van der Waals surface area contributed by atoms with Crippen LogP contribution in [0.2, 0.25) is 0 Å². The van der Waals surface area contributed by atoms with Gasteiger partial charge in [-0.05, 0) is 42.8 Å². The van der Waals surface area contributed by atoms with Gasteiger partial charge in [0, 0.05) is 31.7 Å². The molecule has 0 bridgehead atoms. The number of carbonyl (C=O) groups excluding carboxylic acids is 1. The minimum atomic E-state index is -0.383. The first-order valence-electron chi connectivity index (χ1n) is 8.27. The number of hydrogen-bond acceptors (Lipinski definition) is 6. The first-order valence-corrected chi connectivity index (χ1v) is 8.27. The van der Waals surface area contributed by atoms with Crippen LogP contribution in [0.5, 0.6) is 0 Å². The number of halogens is 1. The summed E-state index contributed by atoms with van der Waals surface area (Å²) in [7, 11) is 0.